The normalized spacial score (nSPS) is 18.0. The highest BCUT2D eigenvalue weighted by atomic mass is 32.2. The molecular formula is C24H29N3O4S. The number of amides is 1. The maximum Gasteiger partial charge on any atom is 0.264 e. The van der Waals surface area contributed by atoms with Crippen molar-refractivity contribution in [1.29, 1.82) is 0 Å². The monoisotopic (exact) mass is 455 g/mol. The lowest BCUT2D eigenvalue weighted by Gasteiger charge is -2.22. The van der Waals surface area contributed by atoms with Gasteiger partial charge in [0.15, 0.2) is 0 Å². The Balaban J connectivity index is 1.59. The molecule has 0 unspecified atom stereocenters. The number of carbonyl (C=O) groups excluding carboxylic acids is 1. The number of carbonyl (C=O) groups is 1. The number of methoxy groups -OCH3 is 1. The maximum absolute atomic E-state index is 13.4. The van der Waals surface area contributed by atoms with Crippen molar-refractivity contribution in [3.8, 4) is 5.75 Å². The van der Waals surface area contributed by atoms with Crippen molar-refractivity contribution in [3.63, 3.8) is 0 Å². The zero-order valence-electron chi connectivity index (χ0n) is 18.2. The quantitative estimate of drug-likeness (QED) is 0.577. The zero-order chi connectivity index (χ0) is 22.6. The van der Waals surface area contributed by atoms with E-state index in [1.165, 1.54) is 0 Å². The van der Waals surface area contributed by atoms with E-state index < -0.39 is 10.0 Å². The van der Waals surface area contributed by atoms with Gasteiger partial charge in [0.1, 0.15) is 10.6 Å². The molecule has 0 aromatic heterocycles. The number of hydrogen-bond donors (Lipinski definition) is 2. The summed E-state index contributed by atoms with van der Waals surface area (Å²) in [6, 6.07) is 11.9. The molecule has 0 spiro atoms. The highest BCUT2D eigenvalue weighted by Crippen LogP contribution is 2.33. The highest BCUT2D eigenvalue weighted by molar-refractivity contribution is 7.92. The van der Waals surface area contributed by atoms with Gasteiger partial charge >= 0.3 is 0 Å². The van der Waals surface area contributed by atoms with Crippen molar-refractivity contribution < 1.29 is 17.9 Å². The van der Waals surface area contributed by atoms with E-state index in [1.807, 2.05) is 0 Å². The smallest absolute Gasteiger partial charge is 0.264 e. The highest BCUT2D eigenvalue weighted by Gasteiger charge is 2.25. The molecule has 1 saturated heterocycles. The van der Waals surface area contributed by atoms with Crippen LogP contribution in [-0.4, -0.2) is 34.5 Å². The molecule has 1 aliphatic heterocycles. The molecule has 4 rings (SSSR count). The van der Waals surface area contributed by atoms with Crippen LogP contribution in [0.3, 0.4) is 0 Å². The number of rotatable bonds is 8. The predicted octanol–water partition coefficient (Wildman–Crippen LogP) is 4.39. The Morgan fingerprint density at radius 1 is 1.09 bits per heavy atom. The summed E-state index contributed by atoms with van der Waals surface area (Å²) in [6.07, 6.45) is 8.60. The molecule has 2 N–H and O–H groups in total. The van der Waals surface area contributed by atoms with Gasteiger partial charge in [-0.15, -0.1) is 0 Å². The number of ether oxygens (including phenoxy) is 1. The lowest BCUT2D eigenvalue weighted by atomic mass is 10.1. The summed E-state index contributed by atoms with van der Waals surface area (Å²) in [6.45, 7) is 1.62. The van der Waals surface area contributed by atoms with E-state index in [0.29, 0.717) is 29.2 Å². The first-order chi connectivity index (χ1) is 15.4. The molecule has 2 aliphatic rings. The van der Waals surface area contributed by atoms with Crippen LogP contribution in [0.2, 0.25) is 0 Å². The molecule has 1 aliphatic carbocycles. The van der Waals surface area contributed by atoms with Crippen LogP contribution in [0.4, 0.5) is 17.1 Å². The molecule has 170 valence electrons. The maximum atomic E-state index is 13.4. The van der Waals surface area contributed by atoms with Crippen molar-refractivity contribution in [2.24, 2.45) is 5.92 Å². The standard InChI is InChI=1S/C24H29N3O4S/c1-31-21-11-8-19(9-12-21)26-32(29,30)23-17-20(10-13-22(23)27-14-4-5-15-27)25-24(28)16-18-6-2-3-7-18/h2,6,8-13,17-18,26H,3-5,7,14-16H2,1H3,(H,25,28)/t18-/m1/s1. The van der Waals surface area contributed by atoms with Crippen molar-refractivity contribution in [2.45, 2.75) is 37.0 Å². The minimum absolute atomic E-state index is 0.109. The molecule has 8 heteroatoms. The average molecular weight is 456 g/mol. The molecule has 1 fully saturated rings. The molecule has 1 amide bonds. The summed E-state index contributed by atoms with van der Waals surface area (Å²) in [4.78, 5) is 14.7. The van der Waals surface area contributed by atoms with Gasteiger partial charge in [-0.1, -0.05) is 12.2 Å². The van der Waals surface area contributed by atoms with Gasteiger partial charge in [0.2, 0.25) is 5.91 Å². The third kappa shape index (κ3) is 5.24. The Kier molecular flexibility index (Phi) is 6.69. The minimum Gasteiger partial charge on any atom is -0.497 e. The SMILES string of the molecule is COc1ccc(NS(=O)(=O)c2cc(NC(=O)C[C@@H]3C=CCC3)ccc2N2CCCC2)cc1. The largest absolute Gasteiger partial charge is 0.497 e. The Morgan fingerprint density at radius 3 is 2.47 bits per heavy atom. The second-order valence-corrected chi connectivity index (χ2v) is 9.88. The number of sulfonamides is 1. The molecule has 0 radical (unpaired) electrons. The number of anilines is 3. The van der Waals surface area contributed by atoms with Gasteiger partial charge in [0.05, 0.1) is 12.8 Å². The number of nitrogens with zero attached hydrogens (tertiary/aromatic N) is 1. The van der Waals surface area contributed by atoms with Gasteiger partial charge in [0, 0.05) is 30.9 Å². The van der Waals surface area contributed by atoms with Crippen LogP contribution in [-0.2, 0) is 14.8 Å². The molecule has 1 heterocycles. The Bertz CT molecular complexity index is 1090. The van der Waals surface area contributed by atoms with Gasteiger partial charge in [-0.05, 0) is 74.1 Å². The van der Waals surface area contributed by atoms with Crippen LogP contribution in [0.15, 0.2) is 59.5 Å². The molecule has 0 bridgehead atoms. The number of nitrogens with one attached hydrogen (secondary N) is 2. The van der Waals surface area contributed by atoms with E-state index in [-0.39, 0.29) is 16.7 Å². The van der Waals surface area contributed by atoms with Crippen molar-refractivity contribution in [3.05, 3.63) is 54.6 Å². The van der Waals surface area contributed by atoms with Gasteiger partial charge < -0.3 is 15.0 Å². The zero-order valence-corrected chi connectivity index (χ0v) is 19.0. The van der Waals surface area contributed by atoms with Crippen molar-refractivity contribution in [1.82, 2.24) is 0 Å². The fourth-order valence-electron chi connectivity index (χ4n) is 4.21. The van der Waals surface area contributed by atoms with E-state index in [9.17, 15) is 13.2 Å². The van der Waals surface area contributed by atoms with E-state index in [4.69, 9.17) is 4.74 Å². The molecule has 32 heavy (non-hydrogen) atoms. The summed E-state index contributed by atoms with van der Waals surface area (Å²) in [5.41, 5.74) is 1.58. The third-order valence-electron chi connectivity index (χ3n) is 5.88. The third-order valence-corrected chi connectivity index (χ3v) is 7.29. The summed E-state index contributed by atoms with van der Waals surface area (Å²) >= 11 is 0. The van der Waals surface area contributed by atoms with Gasteiger partial charge in [-0.3, -0.25) is 9.52 Å². The summed E-state index contributed by atoms with van der Waals surface area (Å²) < 4.78 is 34.5. The van der Waals surface area contributed by atoms with E-state index in [2.05, 4.69) is 27.1 Å². The fraction of sp³-hybridized carbons (Fsp3) is 0.375. The summed E-state index contributed by atoms with van der Waals surface area (Å²) in [5, 5.41) is 2.88. The first-order valence-corrected chi connectivity index (χ1v) is 12.5. The molecule has 1 atom stereocenters. The van der Waals surface area contributed by atoms with E-state index >= 15 is 0 Å². The van der Waals surface area contributed by atoms with Crippen LogP contribution in [0, 0.1) is 5.92 Å². The second kappa shape index (κ2) is 9.65. The topological polar surface area (TPSA) is 87.7 Å². The van der Waals surface area contributed by atoms with Gasteiger partial charge in [0.25, 0.3) is 10.0 Å². The molecule has 7 nitrogen and oxygen atoms in total. The lowest BCUT2D eigenvalue weighted by molar-refractivity contribution is -0.116. The Hall–Kier alpha value is -3.00. The van der Waals surface area contributed by atoms with Gasteiger partial charge in [-0.25, -0.2) is 8.42 Å². The first kappa shape index (κ1) is 22.2. The molecular weight excluding hydrogens is 426 g/mol. The van der Waals surface area contributed by atoms with E-state index in [1.54, 1.807) is 49.6 Å². The second-order valence-electron chi connectivity index (χ2n) is 8.23. The minimum atomic E-state index is -3.88. The first-order valence-electron chi connectivity index (χ1n) is 11.0. The van der Waals surface area contributed by atoms with Crippen LogP contribution in [0.5, 0.6) is 5.75 Å². The number of allylic oxidation sites excluding steroid dienone is 2. The summed E-state index contributed by atoms with van der Waals surface area (Å²) in [5.74, 6) is 0.785. The van der Waals surface area contributed by atoms with Crippen LogP contribution >= 0.6 is 0 Å². The predicted molar refractivity (Wildman–Crippen MR) is 127 cm³/mol. The van der Waals surface area contributed by atoms with Crippen LogP contribution in [0.1, 0.15) is 32.1 Å². The molecule has 0 saturated carbocycles. The van der Waals surface area contributed by atoms with Gasteiger partial charge in [-0.2, -0.15) is 0 Å². The Labute approximate surface area is 189 Å². The Morgan fingerprint density at radius 2 is 1.81 bits per heavy atom. The number of benzene rings is 2. The lowest BCUT2D eigenvalue weighted by Crippen LogP contribution is -2.23. The van der Waals surface area contributed by atoms with Crippen molar-refractivity contribution in [2.75, 3.05) is 35.1 Å². The van der Waals surface area contributed by atoms with Crippen LogP contribution < -0.4 is 19.7 Å². The summed E-state index contributed by atoms with van der Waals surface area (Å²) in [7, 11) is -2.32. The van der Waals surface area contributed by atoms with E-state index in [0.717, 1.165) is 38.8 Å². The van der Waals surface area contributed by atoms with Crippen LogP contribution in [0.25, 0.3) is 0 Å². The fourth-order valence-corrected chi connectivity index (χ4v) is 5.52. The number of hydrogen-bond acceptors (Lipinski definition) is 5. The van der Waals surface area contributed by atoms with Crippen molar-refractivity contribution >= 4 is 33.0 Å². The molecule has 2 aromatic carbocycles. The average Bonchev–Trinajstić information content (AvgIpc) is 3.48. The molecule has 2 aromatic rings.